The van der Waals surface area contributed by atoms with E-state index in [4.69, 9.17) is 0 Å². The van der Waals surface area contributed by atoms with Gasteiger partial charge < -0.3 is 10.2 Å². The van der Waals surface area contributed by atoms with Crippen LogP contribution < -0.4 is 10.2 Å². The molecular weight excluding hydrogens is 318 g/mol. The molecule has 136 valence electrons. The molecule has 0 aliphatic carbocycles. The third-order valence-electron chi connectivity index (χ3n) is 4.79. The SMILES string of the molecule is CCC(C)(C)NC(=O)CN1CCN(c2cc(C)nc3ncnn23)CC1. The Labute approximate surface area is 148 Å². The van der Waals surface area contributed by atoms with Crippen molar-refractivity contribution in [2.45, 2.75) is 39.7 Å². The molecule has 3 rings (SSSR count). The fourth-order valence-corrected chi connectivity index (χ4v) is 2.98. The molecule has 1 N–H and O–H groups in total. The summed E-state index contributed by atoms with van der Waals surface area (Å²) in [5.74, 6) is 1.73. The fraction of sp³-hybridized carbons (Fsp3) is 0.647. The lowest BCUT2D eigenvalue weighted by atomic mass is 10.0. The smallest absolute Gasteiger partial charge is 0.254 e. The van der Waals surface area contributed by atoms with E-state index in [0.717, 1.165) is 44.1 Å². The number of aryl methyl sites for hydroxylation is 1. The summed E-state index contributed by atoms with van der Waals surface area (Å²) in [4.78, 5) is 25.3. The van der Waals surface area contributed by atoms with E-state index in [1.54, 1.807) is 4.52 Å². The highest BCUT2D eigenvalue weighted by atomic mass is 16.2. The first-order chi connectivity index (χ1) is 11.9. The van der Waals surface area contributed by atoms with Crippen molar-refractivity contribution < 1.29 is 4.79 Å². The number of carbonyl (C=O) groups is 1. The molecule has 1 fully saturated rings. The second kappa shape index (κ2) is 6.95. The van der Waals surface area contributed by atoms with Gasteiger partial charge in [-0.3, -0.25) is 9.69 Å². The van der Waals surface area contributed by atoms with Crippen molar-refractivity contribution in [1.82, 2.24) is 29.8 Å². The minimum absolute atomic E-state index is 0.0960. The lowest BCUT2D eigenvalue weighted by molar-refractivity contribution is -0.123. The average Bonchev–Trinajstić information content (AvgIpc) is 3.02. The summed E-state index contributed by atoms with van der Waals surface area (Å²) >= 11 is 0. The minimum atomic E-state index is -0.147. The average molecular weight is 345 g/mol. The molecule has 1 aliphatic rings. The summed E-state index contributed by atoms with van der Waals surface area (Å²) < 4.78 is 1.78. The predicted octanol–water partition coefficient (Wildman–Crippen LogP) is 0.860. The molecule has 0 bridgehead atoms. The van der Waals surface area contributed by atoms with Crippen molar-refractivity contribution in [3.05, 3.63) is 18.1 Å². The van der Waals surface area contributed by atoms with Gasteiger partial charge in [0, 0.05) is 43.5 Å². The van der Waals surface area contributed by atoms with Crippen LogP contribution in [0.25, 0.3) is 5.78 Å². The largest absolute Gasteiger partial charge is 0.354 e. The number of rotatable bonds is 5. The Bertz CT molecular complexity index is 747. The molecule has 1 amide bonds. The Morgan fingerprint density at radius 1 is 1.28 bits per heavy atom. The van der Waals surface area contributed by atoms with E-state index in [0.29, 0.717) is 12.3 Å². The van der Waals surface area contributed by atoms with Crippen LogP contribution in [-0.4, -0.2) is 68.7 Å². The van der Waals surface area contributed by atoms with E-state index in [2.05, 4.69) is 51.0 Å². The normalized spacial score (nSPS) is 16.4. The monoisotopic (exact) mass is 345 g/mol. The van der Waals surface area contributed by atoms with Crippen molar-refractivity contribution in [2.24, 2.45) is 0 Å². The number of hydrogen-bond donors (Lipinski definition) is 1. The minimum Gasteiger partial charge on any atom is -0.354 e. The Morgan fingerprint density at radius 3 is 2.68 bits per heavy atom. The molecule has 0 atom stereocenters. The third-order valence-corrected chi connectivity index (χ3v) is 4.79. The molecule has 8 nitrogen and oxygen atoms in total. The van der Waals surface area contributed by atoms with Gasteiger partial charge in [0.25, 0.3) is 5.78 Å². The van der Waals surface area contributed by atoms with Crippen LogP contribution in [0.15, 0.2) is 12.4 Å². The Morgan fingerprint density at radius 2 is 2.00 bits per heavy atom. The van der Waals surface area contributed by atoms with Gasteiger partial charge in [-0.15, -0.1) is 0 Å². The van der Waals surface area contributed by atoms with Crippen LogP contribution in [0.3, 0.4) is 0 Å². The third kappa shape index (κ3) is 4.07. The zero-order valence-corrected chi connectivity index (χ0v) is 15.5. The summed E-state index contributed by atoms with van der Waals surface area (Å²) in [6.07, 6.45) is 2.45. The van der Waals surface area contributed by atoms with Crippen molar-refractivity contribution in [3.63, 3.8) is 0 Å². The lowest BCUT2D eigenvalue weighted by Gasteiger charge is -2.36. The van der Waals surface area contributed by atoms with Gasteiger partial charge in [0.05, 0.1) is 6.54 Å². The summed E-state index contributed by atoms with van der Waals surface area (Å²) in [6.45, 7) is 12.0. The van der Waals surface area contributed by atoms with Crippen molar-refractivity contribution in [2.75, 3.05) is 37.6 Å². The fourth-order valence-electron chi connectivity index (χ4n) is 2.98. The van der Waals surface area contributed by atoms with Crippen molar-refractivity contribution in [3.8, 4) is 0 Å². The molecule has 0 aromatic carbocycles. The number of fused-ring (bicyclic) bond motifs is 1. The predicted molar refractivity (Wildman–Crippen MR) is 96.7 cm³/mol. The van der Waals surface area contributed by atoms with Gasteiger partial charge in [-0.25, -0.2) is 4.98 Å². The molecule has 3 heterocycles. The van der Waals surface area contributed by atoms with Crippen LogP contribution in [0, 0.1) is 6.92 Å². The van der Waals surface area contributed by atoms with Crippen LogP contribution in [0.1, 0.15) is 32.9 Å². The maximum absolute atomic E-state index is 12.2. The number of nitrogens with one attached hydrogen (secondary N) is 1. The lowest BCUT2D eigenvalue weighted by Crippen LogP contribution is -2.52. The molecule has 8 heteroatoms. The number of amides is 1. The van der Waals surface area contributed by atoms with Gasteiger partial charge in [0.15, 0.2) is 0 Å². The highest BCUT2D eigenvalue weighted by Crippen LogP contribution is 2.17. The number of hydrogen-bond acceptors (Lipinski definition) is 6. The van der Waals surface area contributed by atoms with Gasteiger partial charge in [0.2, 0.25) is 5.91 Å². The van der Waals surface area contributed by atoms with E-state index >= 15 is 0 Å². The molecule has 25 heavy (non-hydrogen) atoms. The standard InChI is InChI=1S/C17H27N7O/c1-5-17(3,4)21-14(25)11-22-6-8-23(9-7-22)15-10-13(2)20-16-18-12-19-24(15)16/h10,12H,5-9,11H2,1-4H3,(H,21,25). The number of piperazine rings is 1. The highest BCUT2D eigenvalue weighted by Gasteiger charge is 2.24. The molecule has 2 aromatic heterocycles. The molecule has 0 radical (unpaired) electrons. The van der Waals surface area contributed by atoms with Crippen LogP contribution in [0.4, 0.5) is 5.82 Å². The molecule has 2 aromatic rings. The first-order valence-corrected chi connectivity index (χ1v) is 8.83. The summed E-state index contributed by atoms with van der Waals surface area (Å²) in [5, 5.41) is 7.38. The zero-order valence-electron chi connectivity index (χ0n) is 15.5. The summed E-state index contributed by atoms with van der Waals surface area (Å²) in [5.41, 5.74) is 0.783. The van der Waals surface area contributed by atoms with Gasteiger partial charge in [-0.2, -0.15) is 14.6 Å². The highest BCUT2D eigenvalue weighted by molar-refractivity contribution is 5.78. The maximum Gasteiger partial charge on any atom is 0.254 e. The van der Waals surface area contributed by atoms with E-state index in [-0.39, 0.29) is 11.4 Å². The van der Waals surface area contributed by atoms with E-state index < -0.39 is 0 Å². The molecule has 0 unspecified atom stereocenters. The number of anilines is 1. The molecule has 0 saturated carbocycles. The van der Waals surface area contributed by atoms with Crippen LogP contribution in [-0.2, 0) is 4.79 Å². The van der Waals surface area contributed by atoms with Gasteiger partial charge in [0.1, 0.15) is 12.1 Å². The summed E-state index contributed by atoms with van der Waals surface area (Å²) in [7, 11) is 0. The first-order valence-electron chi connectivity index (χ1n) is 8.83. The van der Waals surface area contributed by atoms with E-state index in [1.165, 1.54) is 6.33 Å². The second-order valence-electron chi connectivity index (χ2n) is 7.28. The molecule has 0 spiro atoms. The Hall–Kier alpha value is -2.22. The van der Waals surface area contributed by atoms with Crippen molar-refractivity contribution >= 4 is 17.5 Å². The Kier molecular flexibility index (Phi) is 4.89. The Balaban J connectivity index is 1.60. The number of nitrogens with zero attached hydrogens (tertiary/aromatic N) is 6. The van der Waals surface area contributed by atoms with Gasteiger partial charge >= 0.3 is 0 Å². The van der Waals surface area contributed by atoms with Gasteiger partial charge in [-0.05, 0) is 27.2 Å². The van der Waals surface area contributed by atoms with E-state index in [1.807, 2.05) is 13.0 Å². The molecule has 1 saturated heterocycles. The van der Waals surface area contributed by atoms with Crippen LogP contribution in [0.2, 0.25) is 0 Å². The summed E-state index contributed by atoms with van der Waals surface area (Å²) in [6, 6.07) is 2.04. The number of aromatic nitrogens is 4. The first kappa shape index (κ1) is 17.6. The molecular formula is C17H27N7O. The van der Waals surface area contributed by atoms with Gasteiger partial charge in [-0.1, -0.05) is 6.92 Å². The van der Waals surface area contributed by atoms with E-state index in [9.17, 15) is 4.79 Å². The molecule has 1 aliphatic heterocycles. The number of carbonyl (C=O) groups excluding carboxylic acids is 1. The maximum atomic E-state index is 12.2. The topological polar surface area (TPSA) is 78.7 Å². The zero-order chi connectivity index (χ0) is 18.0. The van der Waals surface area contributed by atoms with Crippen LogP contribution >= 0.6 is 0 Å². The van der Waals surface area contributed by atoms with Crippen molar-refractivity contribution in [1.29, 1.82) is 0 Å². The van der Waals surface area contributed by atoms with Crippen LogP contribution in [0.5, 0.6) is 0 Å². The quantitative estimate of drug-likeness (QED) is 0.866. The second-order valence-corrected chi connectivity index (χ2v) is 7.28.